The number of ketones is 1. The average molecular weight is 420 g/mol. The van der Waals surface area contributed by atoms with Crippen molar-refractivity contribution in [1.82, 2.24) is 14.3 Å². The van der Waals surface area contributed by atoms with Crippen LogP contribution < -0.4 is 4.74 Å². The van der Waals surface area contributed by atoms with Gasteiger partial charge in [0.2, 0.25) is 0 Å². The number of carbonyl (C=O) groups excluding carboxylic acids is 1. The fourth-order valence-corrected chi connectivity index (χ4v) is 5.27. The summed E-state index contributed by atoms with van der Waals surface area (Å²) in [6.45, 7) is 4.74. The normalized spacial score (nSPS) is 17.6. The van der Waals surface area contributed by atoms with Crippen LogP contribution in [0, 0.1) is 12.8 Å². The van der Waals surface area contributed by atoms with Crippen LogP contribution in [-0.2, 0) is 6.54 Å². The summed E-state index contributed by atoms with van der Waals surface area (Å²) in [7, 11) is 1.67. The number of Topliss-reactive ketones (excluding diaryl/α,β-unsaturated/α-hetero) is 1. The Bertz CT molecular complexity index is 1230. The summed E-state index contributed by atoms with van der Waals surface area (Å²) >= 11 is 1.66. The fraction of sp³-hybridized carbons (Fsp3) is 0.333. The van der Waals surface area contributed by atoms with Gasteiger partial charge in [-0.3, -0.25) is 14.1 Å². The van der Waals surface area contributed by atoms with Crippen LogP contribution in [0.3, 0.4) is 0 Å². The zero-order chi connectivity index (χ0) is 20.7. The van der Waals surface area contributed by atoms with Crippen LogP contribution in [0.25, 0.3) is 15.7 Å². The summed E-state index contributed by atoms with van der Waals surface area (Å²) in [5.41, 5.74) is 3.12. The van der Waals surface area contributed by atoms with Crippen molar-refractivity contribution in [3.05, 3.63) is 64.9 Å². The SMILES string of the molecule is COc1ccc2cc(C(=O)[C@H]3CCCN(Cc4c(C)nc5sccn45)C3)ccc2c1. The summed E-state index contributed by atoms with van der Waals surface area (Å²) in [6, 6.07) is 12.0. The highest BCUT2D eigenvalue weighted by Gasteiger charge is 2.27. The maximum Gasteiger partial charge on any atom is 0.194 e. The Morgan fingerprint density at radius 1 is 1.23 bits per heavy atom. The monoisotopic (exact) mass is 419 g/mol. The molecule has 0 saturated carbocycles. The second-order valence-corrected chi connectivity index (χ2v) is 8.94. The average Bonchev–Trinajstić information content (AvgIpc) is 3.34. The zero-order valence-corrected chi connectivity index (χ0v) is 18.1. The standard InChI is InChI=1S/C24H25N3O2S/c1-16-22(27-10-11-30-24(27)25-16)15-26-9-3-4-20(14-26)23(28)19-6-5-18-13-21(29-2)8-7-17(18)12-19/h5-8,10-13,20H,3-4,9,14-15H2,1-2H3/t20-/m0/s1. The molecule has 1 aliphatic rings. The van der Waals surface area contributed by atoms with Crippen LogP contribution in [0.2, 0.25) is 0 Å². The number of piperidine rings is 1. The van der Waals surface area contributed by atoms with Gasteiger partial charge in [-0.2, -0.15) is 0 Å². The van der Waals surface area contributed by atoms with Crippen LogP contribution >= 0.6 is 11.3 Å². The van der Waals surface area contributed by atoms with E-state index in [2.05, 4.69) is 32.8 Å². The fourth-order valence-electron chi connectivity index (χ4n) is 4.50. The van der Waals surface area contributed by atoms with Gasteiger partial charge in [-0.1, -0.05) is 18.2 Å². The number of fused-ring (bicyclic) bond motifs is 2. The summed E-state index contributed by atoms with van der Waals surface area (Å²) in [5, 5.41) is 4.24. The third-order valence-electron chi connectivity index (χ3n) is 6.14. The Kier molecular flexibility index (Phi) is 5.05. The van der Waals surface area contributed by atoms with Gasteiger partial charge >= 0.3 is 0 Å². The molecule has 2 aromatic carbocycles. The third kappa shape index (κ3) is 3.50. The van der Waals surface area contributed by atoms with Crippen molar-refractivity contribution in [2.75, 3.05) is 20.2 Å². The number of thiazole rings is 1. The molecule has 1 saturated heterocycles. The molecule has 0 aliphatic carbocycles. The van der Waals surface area contributed by atoms with E-state index >= 15 is 0 Å². The van der Waals surface area contributed by atoms with Crippen molar-refractivity contribution in [3.63, 3.8) is 0 Å². The number of aryl methyl sites for hydroxylation is 1. The molecule has 0 bridgehead atoms. The van der Waals surface area contributed by atoms with E-state index in [9.17, 15) is 4.79 Å². The Hall–Kier alpha value is -2.70. The molecular weight excluding hydrogens is 394 g/mol. The minimum Gasteiger partial charge on any atom is -0.497 e. The van der Waals surface area contributed by atoms with Crippen LogP contribution in [0.4, 0.5) is 0 Å². The molecule has 154 valence electrons. The quantitative estimate of drug-likeness (QED) is 0.429. The number of carbonyl (C=O) groups is 1. The lowest BCUT2D eigenvalue weighted by Gasteiger charge is -2.32. The van der Waals surface area contributed by atoms with E-state index in [0.717, 1.165) is 65.2 Å². The second-order valence-electron chi connectivity index (χ2n) is 8.07. The number of likely N-dealkylation sites (tertiary alicyclic amines) is 1. The molecule has 0 amide bonds. The molecule has 4 aromatic rings. The molecule has 1 aliphatic heterocycles. The molecule has 1 fully saturated rings. The molecule has 3 heterocycles. The van der Waals surface area contributed by atoms with Crippen molar-refractivity contribution in [2.45, 2.75) is 26.3 Å². The van der Waals surface area contributed by atoms with Crippen molar-refractivity contribution in [2.24, 2.45) is 5.92 Å². The smallest absolute Gasteiger partial charge is 0.194 e. The summed E-state index contributed by atoms with van der Waals surface area (Å²) < 4.78 is 7.49. The summed E-state index contributed by atoms with van der Waals surface area (Å²) in [5.74, 6) is 1.13. The lowest BCUT2D eigenvalue weighted by Crippen LogP contribution is -2.38. The summed E-state index contributed by atoms with van der Waals surface area (Å²) in [6.07, 6.45) is 4.09. The molecule has 2 aromatic heterocycles. The van der Waals surface area contributed by atoms with Gasteiger partial charge in [0.1, 0.15) is 5.75 Å². The lowest BCUT2D eigenvalue weighted by atomic mass is 9.89. The molecule has 1 atom stereocenters. The number of nitrogens with zero attached hydrogens (tertiary/aromatic N) is 3. The maximum absolute atomic E-state index is 13.3. The first-order chi connectivity index (χ1) is 14.6. The lowest BCUT2D eigenvalue weighted by molar-refractivity contribution is 0.0810. The minimum absolute atomic E-state index is 0.0423. The third-order valence-corrected chi connectivity index (χ3v) is 6.90. The molecular formula is C24H25N3O2S. The van der Waals surface area contributed by atoms with Gasteiger partial charge in [0.15, 0.2) is 10.7 Å². The number of imidazole rings is 1. The number of rotatable bonds is 5. The van der Waals surface area contributed by atoms with E-state index in [0.29, 0.717) is 0 Å². The van der Waals surface area contributed by atoms with E-state index in [1.54, 1.807) is 18.4 Å². The van der Waals surface area contributed by atoms with Gasteiger partial charge in [0, 0.05) is 36.1 Å². The number of aromatic nitrogens is 2. The van der Waals surface area contributed by atoms with E-state index in [4.69, 9.17) is 4.74 Å². The number of ether oxygens (including phenoxy) is 1. The van der Waals surface area contributed by atoms with E-state index in [1.165, 1.54) is 5.69 Å². The van der Waals surface area contributed by atoms with Gasteiger partial charge in [-0.05, 0) is 55.3 Å². The number of hydrogen-bond donors (Lipinski definition) is 0. The van der Waals surface area contributed by atoms with E-state index < -0.39 is 0 Å². The van der Waals surface area contributed by atoms with Gasteiger partial charge < -0.3 is 4.74 Å². The first kappa shape index (κ1) is 19.3. The van der Waals surface area contributed by atoms with Crippen molar-refractivity contribution in [3.8, 4) is 5.75 Å². The van der Waals surface area contributed by atoms with Crippen LogP contribution in [0.5, 0.6) is 5.75 Å². The summed E-state index contributed by atoms with van der Waals surface area (Å²) in [4.78, 5) is 21.4. The molecule has 0 spiro atoms. The molecule has 0 unspecified atom stereocenters. The Balaban J connectivity index is 1.34. The van der Waals surface area contributed by atoms with E-state index in [1.807, 2.05) is 36.4 Å². The first-order valence-corrected chi connectivity index (χ1v) is 11.3. The highest BCUT2D eigenvalue weighted by Crippen LogP contribution is 2.27. The highest BCUT2D eigenvalue weighted by atomic mass is 32.1. The van der Waals surface area contributed by atoms with Crippen molar-refractivity contribution in [1.29, 1.82) is 0 Å². The van der Waals surface area contributed by atoms with Gasteiger partial charge in [-0.15, -0.1) is 11.3 Å². The first-order valence-electron chi connectivity index (χ1n) is 10.4. The Morgan fingerprint density at radius 2 is 2.07 bits per heavy atom. The topological polar surface area (TPSA) is 46.8 Å². The molecule has 5 rings (SSSR count). The Morgan fingerprint density at radius 3 is 2.93 bits per heavy atom. The number of benzene rings is 2. The molecule has 0 radical (unpaired) electrons. The number of hydrogen-bond acceptors (Lipinski definition) is 5. The predicted molar refractivity (Wildman–Crippen MR) is 121 cm³/mol. The van der Waals surface area contributed by atoms with Crippen LogP contribution in [-0.4, -0.2) is 40.3 Å². The Labute approximate surface area is 179 Å². The minimum atomic E-state index is 0.0423. The predicted octanol–water partition coefficient (Wildman–Crippen LogP) is 4.96. The maximum atomic E-state index is 13.3. The van der Waals surface area contributed by atoms with Gasteiger partial charge in [-0.25, -0.2) is 4.98 Å². The van der Waals surface area contributed by atoms with E-state index in [-0.39, 0.29) is 11.7 Å². The zero-order valence-electron chi connectivity index (χ0n) is 17.3. The highest BCUT2D eigenvalue weighted by molar-refractivity contribution is 7.15. The largest absolute Gasteiger partial charge is 0.497 e. The molecule has 30 heavy (non-hydrogen) atoms. The van der Waals surface area contributed by atoms with Crippen LogP contribution in [0.1, 0.15) is 34.6 Å². The van der Waals surface area contributed by atoms with Crippen LogP contribution in [0.15, 0.2) is 48.0 Å². The second kappa shape index (κ2) is 7.85. The molecule has 0 N–H and O–H groups in total. The molecule has 5 nitrogen and oxygen atoms in total. The number of methoxy groups -OCH3 is 1. The van der Waals surface area contributed by atoms with Gasteiger partial charge in [0.05, 0.1) is 18.5 Å². The molecule has 6 heteroatoms. The van der Waals surface area contributed by atoms with Crippen molar-refractivity contribution < 1.29 is 9.53 Å². The van der Waals surface area contributed by atoms with Crippen molar-refractivity contribution >= 4 is 32.9 Å². The van der Waals surface area contributed by atoms with Gasteiger partial charge in [0.25, 0.3) is 0 Å².